The Balaban J connectivity index is 1.59. The first-order valence-corrected chi connectivity index (χ1v) is 13.1. The highest BCUT2D eigenvalue weighted by Crippen LogP contribution is 2.37. The minimum atomic E-state index is -3.09. The normalized spacial score (nSPS) is 20.6. The molecule has 1 aromatic carbocycles. The number of nitrogens with zero attached hydrogens (tertiary/aromatic N) is 3. The molecule has 208 valence electrons. The van der Waals surface area contributed by atoms with E-state index in [1.54, 1.807) is 10.9 Å². The lowest BCUT2D eigenvalue weighted by atomic mass is 9.84. The number of rotatable bonds is 10. The second-order valence-corrected chi connectivity index (χ2v) is 10.6. The van der Waals surface area contributed by atoms with Crippen LogP contribution in [0.1, 0.15) is 44.7 Å². The van der Waals surface area contributed by atoms with E-state index in [1.807, 2.05) is 19.9 Å². The number of carboxylic acids is 1. The minimum Gasteiger partial charge on any atom is -0.481 e. The van der Waals surface area contributed by atoms with Gasteiger partial charge in [0, 0.05) is 49.2 Å². The summed E-state index contributed by atoms with van der Waals surface area (Å²) in [4.78, 5) is 28.0. The van der Waals surface area contributed by atoms with Crippen molar-refractivity contribution in [2.24, 2.45) is 11.8 Å². The van der Waals surface area contributed by atoms with Crippen LogP contribution in [0.4, 0.5) is 14.5 Å². The average molecular weight is 555 g/mol. The molecule has 9 nitrogen and oxygen atoms in total. The van der Waals surface area contributed by atoms with Crippen molar-refractivity contribution in [2.75, 3.05) is 38.2 Å². The molecule has 2 fully saturated rings. The van der Waals surface area contributed by atoms with Crippen molar-refractivity contribution in [3.63, 3.8) is 0 Å². The molecule has 1 unspecified atom stereocenters. The lowest BCUT2D eigenvalue weighted by Crippen LogP contribution is -2.55. The maximum absolute atomic E-state index is 14.0. The summed E-state index contributed by atoms with van der Waals surface area (Å²) in [5, 5.41) is 17.3. The van der Waals surface area contributed by atoms with Crippen molar-refractivity contribution in [3.8, 4) is 5.75 Å². The molecule has 0 saturated carbocycles. The van der Waals surface area contributed by atoms with Gasteiger partial charge in [0.05, 0.1) is 18.2 Å². The largest absolute Gasteiger partial charge is 0.481 e. The molecule has 2 aliphatic rings. The summed E-state index contributed by atoms with van der Waals surface area (Å²) in [6.45, 7) is 3.20. The number of carboxylic acid groups (broad SMARTS) is 1. The second kappa shape index (κ2) is 12.0. The first kappa shape index (κ1) is 28.3. The molecule has 2 N–H and O–H groups in total. The van der Waals surface area contributed by atoms with Gasteiger partial charge in [0.15, 0.2) is 5.75 Å². The zero-order valence-corrected chi connectivity index (χ0v) is 22.2. The summed E-state index contributed by atoms with van der Waals surface area (Å²) in [7, 11) is 0. The summed E-state index contributed by atoms with van der Waals surface area (Å²) in [5.74, 6) is -2.02. The molecule has 2 saturated heterocycles. The molecule has 0 spiro atoms. The van der Waals surface area contributed by atoms with Crippen LogP contribution in [-0.2, 0) is 19.9 Å². The Labute approximate surface area is 225 Å². The highest BCUT2D eigenvalue weighted by molar-refractivity contribution is 6.30. The molecule has 2 aliphatic heterocycles. The number of aromatic nitrogens is 2. The van der Waals surface area contributed by atoms with Crippen LogP contribution in [0.5, 0.6) is 5.75 Å². The van der Waals surface area contributed by atoms with E-state index in [0.29, 0.717) is 52.1 Å². The van der Waals surface area contributed by atoms with Crippen LogP contribution < -0.4 is 10.1 Å². The predicted octanol–water partition coefficient (Wildman–Crippen LogP) is 4.43. The zero-order valence-electron chi connectivity index (χ0n) is 21.4. The lowest BCUT2D eigenvalue weighted by Gasteiger charge is -2.42. The Hall–Kier alpha value is -2.76. The number of benzene rings is 1. The van der Waals surface area contributed by atoms with Gasteiger partial charge in [-0.1, -0.05) is 25.4 Å². The number of halogens is 3. The minimum absolute atomic E-state index is 0.0423. The van der Waals surface area contributed by atoms with Gasteiger partial charge in [0.2, 0.25) is 0 Å². The van der Waals surface area contributed by atoms with Gasteiger partial charge in [0.1, 0.15) is 5.54 Å². The van der Waals surface area contributed by atoms with Crippen LogP contribution in [0.25, 0.3) is 0 Å². The number of hydrogen-bond acceptors (Lipinski definition) is 6. The topological polar surface area (TPSA) is 106 Å². The van der Waals surface area contributed by atoms with E-state index < -0.39 is 29.9 Å². The van der Waals surface area contributed by atoms with E-state index in [2.05, 4.69) is 20.1 Å². The Bertz CT molecular complexity index is 1130. The third-order valence-corrected chi connectivity index (χ3v) is 7.72. The molecule has 1 amide bonds. The Morgan fingerprint density at radius 2 is 2.03 bits per heavy atom. The number of alkyl halides is 2. The monoisotopic (exact) mass is 554 g/mol. The number of carbonyl (C=O) groups excluding carboxylic acids is 1. The van der Waals surface area contributed by atoms with Crippen molar-refractivity contribution in [2.45, 2.75) is 51.2 Å². The SMILES string of the molecule is CC(C)c1ccnn1C1(C(=O)Nc2ccc(Cl)cc2OC(F)F)CCN(CC(C(=O)O)[C@@H]2CCOC2)CC1. The molecular formula is C26H33ClF2N4O5. The summed E-state index contributed by atoms with van der Waals surface area (Å²) >= 11 is 5.97. The number of amides is 1. The van der Waals surface area contributed by atoms with Crippen LogP contribution in [-0.4, -0.2) is 71.1 Å². The van der Waals surface area contributed by atoms with Crippen molar-refractivity contribution < 1.29 is 33.0 Å². The van der Waals surface area contributed by atoms with E-state index >= 15 is 0 Å². The number of piperidine rings is 1. The predicted molar refractivity (Wildman–Crippen MR) is 137 cm³/mol. The van der Waals surface area contributed by atoms with E-state index in [4.69, 9.17) is 16.3 Å². The Morgan fingerprint density at radius 1 is 1.29 bits per heavy atom. The Morgan fingerprint density at radius 3 is 2.63 bits per heavy atom. The van der Waals surface area contributed by atoms with Crippen molar-refractivity contribution in [1.29, 1.82) is 0 Å². The molecule has 2 aromatic rings. The third-order valence-electron chi connectivity index (χ3n) is 7.49. The molecule has 2 atom stereocenters. The number of likely N-dealkylation sites (tertiary alicyclic amines) is 1. The maximum Gasteiger partial charge on any atom is 0.387 e. The quantitative estimate of drug-likeness (QED) is 0.447. The summed E-state index contributed by atoms with van der Waals surface area (Å²) in [6, 6.07) is 6.00. The van der Waals surface area contributed by atoms with Gasteiger partial charge in [-0.05, 0) is 49.3 Å². The standard InChI is InChI=1S/C26H33ClF2N4O5/c1-16(2)21-5-9-30-33(21)26(24(36)31-20-4-3-18(27)13-22(20)38-25(28)29)7-10-32(11-8-26)14-19(23(34)35)17-6-12-37-15-17/h3-5,9,13,16-17,19,25H,6-8,10-12,14-15H2,1-2H3,(H,31,36)(H,34,35)/t17-,19?/m1/s1. The number of carbonyl (C=O) groups is 2. The van der Waals surface area contributed by atoms with Gasteiger partial charge >= 0.3 is 12.6 Å². The van der Waals surface area contributed by atoms with E-state index in [1.165, 1.54) is 18.2 Å². The van der Waals surface area contributed by atoms with Gasteiger partial charge in [-0.25, -0.2) is 0 Å². The summed E-state index contributed by atoms with van der Waals surface area (Å²) in [5.41, 5.74) is -0.177. The van der Waals surface area contributed by atoms with Gasteiger partial charge in [-0.2, -0.15) is 13.9 Å². The number of anilines is 1. The van der Waals surface area contributed by atoms with Gasteiger partial charge < -0.3 is 24.8 Å². The van der Waals surface area contributed by atoms with Gasteiger partial charge in [-0.15, -0.1) is 0 Å². The van der Waals surface area contributed by atoms with Crippen LogP contribution in [0.15, 0.2) is 30.5 Å². The van der Waals surface area contributed by atoms with E-state index in [0.717, 1.165) is 5.69 Å². The van der Waals surface area contributed by atoms with Crippen molar-refractivity contribution in [1.82, 2.24) is 14.7 Å². The highest BCUT2D eigenvalue weighted by Gasteiger charge is 2.46. The first-order valence-electron chi connectivity index (χ1n) is 12.7. The number of hydrogen-bond donors (Lipinski definition) is 2. The molecule has 12 heteroatoms. The van der Waals surface area contributed by atoms with E-state index in [9.17, 15) is 23.5 Å². The third kappa shape index (κ3) is 6.10. The first-order chi connectivity index (χ1) is 18.1. The fraction of sp³-hybridized carbons (Fsp3) is 0.577. The van der Waals surface area contributed by atoms with Crippen LogP contribution in [0.2, 0.25) is 5.02 Å². The molecule has 0 bridgehead atoms. The molecule has 1 aromatic heterocycles. The van der Waals surface area contributed by atoms with Gasteiger partial charge in [-0.3, -0.25) is 14.3 Å². The van der Waals surface area contributed by atoms with Crippen LogP contribution >= 0.6 is 11.6 Å². The summed E-state index contributed by atoms with van der Waals surface area (Å²) in [6.07, 6.45) is 3.07. The molecule has 3 heterocycles. The number of aliphatic carboxylic acids is 1. The fourth-order valence-electron chi connectivity index (χ4n) is 5.36. The number of ether oxygens (including phenoxy) is 2. The van der Waals surface area contributed by atoms with Crippen molar-refractivity contribution in [3.05, 3.63) is 41.2 Å². The maximum atomic E-state index is 14.0. The van der Waals surface area contributed by atoms with Crippen LogP contribution in [0.3, 0.4) is 0 Å². The lowest BCUT2D eigenvalue weighted by molar-refractivity contribution is -0.145. The second-order valence-electron chi connectivity index (χ2n) is 10.2. The summed E-state index contributed by atoms with van der Waals surface area (Å²) < 4.78 is 37.8. The molecule has 38 heavy (non-hydrogen) atoms. The van der Waals surface area contributed by atoms with Crippen molar-refractivity contribution >= 4 is 29.2 Å². The van der Waals surface area contributed by atoms with Crippen LogP contribution in [0, 0.1) is 11.8 Å². The van der Waals surface area contributed by atoms with Gasteiger partial charge in [0.25, 0.3) is 5.91 Å². The highest BCUT2D eigenvalue weighted by atomic mass is 35.5. The molecular weight excluding hydrogens is 522 g/mol. The molecule has 0 radical (unpaired) electrons. The smallest absolute Gasteiger partial charge is 0.387 e. The fourth-order valence-corrected chi connectivity index (χ4v) is 5.52. The van der Waals surface area contributed by atoms with E-state index in [-0.39, 0.29) is 28.3 Å². The molecule has 4 rings (SSSR count). The Kier molecular flexibility index (Phi) is 8.89. The zero-order chi connectivity index (χ0) is 27.4. The average Bonchev–Trinajstić information content (AvgIpc) is 3.57. The molecule has 0 aliphatic carbocycles. The number of nitrogens with one attached hydrogen (secondary N) is 1.